The second-order valence-corrected chi connectivity index (χ2v) is 3.68. The molecule has 0 saturated carbocycles. The maximum atomic E-state index is 8.35. The van der Waals surface area contributed by atoms with E-state index in [0.717, 1.165) is 26.3 Å². The van der Waals surface area contributed by atoms with E-state index >= 15 is 0 Å². The molecule has 3 nitrogen and oxygen atoms in total. The van der Waals surface area contributed by atoms with Crippen LogP contribution >= 0.6 is 0 Å². The van der Waals surface area contributed by atoms with Gasteiger partial charge >= 0.3 is 0 Å². The normalized spacial score (nSPS) is 10.8. The molecule has 0 fully saturated rings. The van der Waals surface area contributed by atoms with Crippen molar-refractivity contribution in [1.29, 1.82) is 5.26 Å². The SMILES string of the molecule is CC(C)COCCN(C)CCC#N. The topological polar surface area (TPSA) is 36.3 Å². The lowest BCUT2D eigenvalue weighted by Gasteiger charge is -2.15. The molecule has 13 heavy (non-hydrogen) atoms. The molecule has 0 heterocycles. The molecule has 76 valence electrons. The van der Waals surface area contributed by atoms with Crippen LogP contribution in [-0.4, -0.2) is 38.3 Å². The first kappa shape index (κ1) is 12.4. The summed E-state index contributed by atoms with van der Waals surface area (Å²) in [7, 11) is 2.01. The smallest absolute Gasteiger partial charge is 0.0635 e. The monoisotopic (exact) mass is 184 g/mol. The quantitative estimate of drug-likeness (QED) is 0.563. The third-order valence-electron chi connectivity index (χ3n) is 1.67. The molecule has 0 amide bonds. The summed E-state index contributed by atoms with van der Waals surface area (Å²) in [6.45, 7) is 7.61. The summed E-state index contributed by atoms with van der Waals surface area (Å²) in [4.78, 5) is 2.11. The highest BCUT2D eigenvalue weighted by molar-refractivity contribution is 4.70. The Morgan fingerprint density at radius 1 is 1.38 bits per heavy atom. The van der Waals surface area contributed by atoms with Crippen LogP contribution in [0.5, 0.6) is 0 Å². The minimum absolute atomic E-state index is 0.598. The number of hydrogen-bond acceptors (Lipinski definition) is 3. The van der Waals surface area contributed by atoms with E-state index in [2.05, 4.69) is 24.8 Å². The van der Waals surface area contributed by atoms with E-state index < -0.39 is 0 Å². The van der Waals surface area contributed by atoms with E-state index in [9.17, 15) is 0 Å². The first-order valence-electron chi connectivity index (χ1n) is 4.80. The lowest BCUT2D eigenvalue weighted by atomic mass is 10.2. The Morgan fingerprint density at radius 2 is 2.08 bits per heavy atom. The van der Waals surface area contributed by atoms with Gasteiger partial charge in [0.25, 0.3) is 0 Å². The summed E-state index contributed by atoms with van der Waals surface area (Å²) in [5.41, 5.74) is 0. The number of likely N-dealkylation sites (N-methyl/N-ethyl adjacent to an activating group) is 1. The largest absolute Gasteiger partial charge is 0.380 e. The zero-order valence-electron chi connectivity index (χ0n) is 8.92. The van der Waals surface area contributed by atoms with Crippen LogP contribution in [0.2, 0.25) is 0 Å². The minimum Gasteiger partial charge on any atom is -0.380 e. The molecule has 0 aromatic carbocycles. The van der Waals surface area contributed by atoms with Crippen molar-refractivity contribution in [2.24, 2.45) is 5.92 Å². The van der Waals surface area contributed by atoms with Gasteiger partial charge in [-0.1, -0.05) is 13.8 Å². The van der Waals surface area contributed by atoms with Gasteiger partial charge in [-0.05, 0) is 13.0 Å². The Hall–Kier alpha value is -0.590. The average molecular weight is 184 g/mol. The second kappa shape index (κ2) is 8.03. The van der Waals surface area contributed by atoms with E-state index in [1.807, 2.05) is 7.05 Å². The molecule has 0 rings (SSSR count). The fraction of sp³-hybridized carbons (Fsp3) is 0.900. The van der Waals surface area contributed by atoms with Gasteiger partial charge in [-0.15, -0.1) is 0 Å². The third-order valence-corrected chi connectivity index (χ3v) is 1.67. The van der Waals surface area contributed by atoms with E-state index in [-0.39, 0.29) is 0 Å². The molecule has 0 spiro atoms. The number of hydrogen-bond donors (Lipinski definition) is 0. The molecule has 0 aliphatic carbocycles. The first-order chi connectivity index (χ1) is 6.16. The Labute approximate surface area is 81.3 Å². The highest BCUT2D eigenvalue weighted by atomic mass is 16.5. The van der Waals surface area contributed by atoms with Crippen molar-refractivity contribution in [2.45, 2.75) is 20.3 Å². The molecule has 0 unspecified atom stereocenters. The van der Waals surface area contributed by atoms with Crippen molar-refractivity contribution in [1.82, 2.24) is 4.90 Å². The fourth-order valence-electron chi connectivity index (χ4n) is 0.892. The summed E-state index contributed by atoms with van der Waals surface area (Å²) in [5, 5.41) is 8.35. The van der Waals surface area contributed by atoms with E-state index in [4.69, 9.17) is 10.00 Å². The maximum absolute atomic E-state index is 8.35. The van der Waals surface area contributed by atoms with Crippen LogP contribution in [0.15, 0.2) is 0 Å². The second-order valence-electron chi connectivity index (χ2n) is 3.68. The van der Waals surface area contributed by atoms with Gasteiger partial charge in [-0.25, -0.2) is 0 Å². The molecule has 3 heteroatoms. The Balaban J connectivity index is 3.17. The number of nitrogens with zero attached hydrogens (tertiary/aromatic N) is 2. The molecular weight excluding hydrogens is 164 g/mol. The zero-order valence-corrected chi connectivity index (χ0v) is 8.92. The van der Waals surface area contributed by atoms with Crippen molar-refractivity contribution < 1.29 is 4.74 Å². The summed E-state index contributed by atoms with van der Waals surface area (Å²) < 4.78 is 5.42. The highest BCUT2D eigenvalue weighted by Crippen LogP contribution is 1.93. The van der Waals surface area contributed by atoms with Crippen molar-refractivity contribution in [3.05, 3.63) is 0 Å². The number of nitriles is 1. The van der Waals surface area contributed by atoms with Gasteiger partial charge in [0.15, 0.2) is 0 Å². The summed E-state index contributed by atoms with van der Waals surface area (Å²) >= 11 is 0. The fourth-order valence-corrected chi connectivity index (χ4v) is 0.892. The van der Waals surface area contributed by atoms with Crippen LogP contribution in [0.4, 0.5) is 0 Å². The van der Waals surface area contributed by atoms with Crippen LogP contribution in [0.1, 0.15) is 20.3 Å². The number of rotatable bonds is 7. The molecule has 0 bridgehead atoms. The van der Waals surface area contributed by atoms with Gasteiger partial charge in [0.05, 0.1) is 12.7 Å². The van der Waals surface area contributed by atoms with Gasteiger partial charge in [0, 0.05) is 26.1 Å². The van der Waals surface area contributed by atoms with E-state index in [1.165, 1.54) is 0 Å². The predicted octanol–water partition coefficient (Wildman–Crippen LogP) is 1.50. The van der Waals surface area contributed by atoms with Gasteiger partial charge in [0.1, 0.15) is 0 Å². The predicted molar refractivity (Wildman–Crippen MR) is 53.4 cm³/mol. The molecule has 0 aromatic heterocycles. The van der Waals surface area contributed by atoms with Crippen molar-refractivity contribution in [2.75, 3.05) is 33.4 Å². The van der Waals surface area contributed by atoms with Crippen molar-refractivity contribution >= 4 is 0 Å². The summed E-state index contributed by atoms with van der Waals surface area (Å²) in [6.07, 6.45) is 0.598. The van der Waals surface area contributed by atoms with Crippen LogP contribution in [0.25, 0.3) is 0 Å². The van der Waals surface area contributed by atoms with E-state index in [1.54, 1.807) is 0 Å². The van der Waals surface area contributed by atoms with Gasteiger partial charge < -0.3 is 9.64 Å². The Morgan fingerprint density at radius 3 is 2.62 bits per heavy atom. The minimum atomic E-state index is 0.598. The van der Waals surface area contributed by atoms with Crippen LogP contribution in [-0.2, 0) is 4.74 Å². The molecule has 0 N–H and O–H groups in total. The lowest BCUT2D eigenvalue weighted by Crippen LogP contribution is -2.24. The van der Waals surface area contributed by atoms with Gasteiger partial charge in [-0.2, -0.15) is 5.26 Å². The summed E-state index contributed by atoms with van der Waals surface area (Å²) in [6, 6.07) is 2.12. The third kappa shape index (κ3) is 9.32. The standard InChI is InChI=1S/C10H20N2O/c1-10(2)9-13-8-7-12(3)6-4-5-11/h10H,4,6-9H2,1-3H3. The van der Waals surface area contributed by atoms with Crippen LogP contribution < -0.4 is 0 Å². The van der Waals surface area contributed by atoms with Gasteiger partial charge in [0.2, 0.25) is 0 Å². The first-order valence-corrected chi connectivity index (χ1v) is 4.80. The molecule has 0 atom stereocenters. The van der Waals surface area contributed by atoms with Gasteiger partial charge in [-0.3, -0.25) is 0 Å². The molecule has 0 aliphatic rings. The number of ether oxygens (including phenoxy) is 1. The van der Waals surface area contributed by atoms with Crippen molar-refractivity contribution in [3.8, 4) is 6.07 Å². The molecule has 0 aliphatic heterocycles. The Kier molecular flexibility index (Phi) is 7.66. The maximum Gasteiger partial charge on any atom is 0.0635 e. The zero-order chi connectivity index (χ0) is 10.1. The molecular formula is C10H20N2O. The molecule has 0 aromatic rings. The molecule has 0 radical (unpaired) electrons. The van der Waals surface area contributed by atoms with Crippen LogP contribution in [0, 0.1) is 17.2 Å². The van der Waals surface area contributed by atoms with Crippen molar-refractivity contribution in [3.63, 3.8) is 0 Å². The van der Waals surface area contributed by atoms with Crippen LogP contribution in [0.3, 0.4) is 0 Å². The molecule has 0 saturated heterocycles. The van der Waals surface area contributed by atoms with E-state index in [0.29, 0.717) is 12.3 Å². The highest BCUT2D eigenvalue weighted by Gasteiger charge is 1.98. The Bertz CT molecular complexity index is 151. The summed E-state index contributed by atoms with van der Waals surface area (Å²) in [5.74, 6) is 0.601. The average Bonchev–Trinajstić information content (AvgIpc) is 2.08. The lowest BCUT2D eigenvalue weighted by molar-refractivity contribution is 0.0920.